The predicted octanol–water partition coefficient (Wildman–Crippen LogP) is 3.89. The summed E-state index contributed by atoms with van der Waals surface area (Å²) in [5, 5.41) is 0.844. The van der Waals surface area contributed by atoms with Gasteiger partial charge in [-0.2, -0.15) is 0 Å². The van der Waals surface area contributed by atoms with Crippen molar-refractivity contribution in [3.05, 3.63) is 34.3 Å². The maximum atomic E-state index is 6.08. The number of halogens is 1. The van der Waals surface area contributed by atoms with Crippen LogP contribution in [0.3, 0.4) is 0 Å². The normalized spacial score (nSPS) is 22.3. The van der Waals surface area contributed by atoms with Crippen molar-refractivity contribution >= 4 is 11.6 Å². The van der Waals surface area contributed by atoms with Crippen LogP contribution in [0.15, 0.2) is 18.2 Å². The summed E-state index contributed by atoms with van der Waals surface area (Å²) in [6, 6.07) is 6.22. The van der Waals surface area contributed by atoms with Gasteiger partial charge in [-0.15, -0.1) is 0 Å². The Kier molecular flexibility index (Phi) is 3.09. The van der Waals surface area contributed by atoms with Crippen molar-refractivity contribution in [1.82, 2.24) is 0 Å². The number of aryl methyl sites for hydroxylation is 1. The molecule has 1 aliphatic heterocycles. The lowest BCUT2D eigenvalue weighted by Crippen LogP contribution is -2.11. The van der Waals surface area contributed by atoms with Crippen molar-refractivity contribution in [2.24, 2.45) is 0 Å². The van der Waals surface area contributed by atoms with E-state index in [2.05, 4.69) is 12.1 Å². The molecule has 0 N–H and O–H groups in total. The third-order valence-electron chi connectivity index (χ3n) is 2.75. The van der Waals surface area contributed by atoms with Gasteiger partial charge in [0.05, 0.1) is 6.10 Å². The Labute approximate surface area is 90.0 Å². The van der Waals surface area contributed by atoms with E-state index in [-0.39, 0.29) is 6.10 Å². The van der Waals surface area contributed by atoms with Gasteiger partial charge in [-0.1, -0.05) is 23.7 Å². The molecule has 0 unspecified atom stereocenters. The molecule has 0 aliphatic carbocycles. The maximum Gasteiger partial charge on any atom is 0.0825 e. The molecule has 0 aromatic heterocycles. The smallest absolute Gasteiger partial charge is 0.0825 e. The number of ether oxygens (including phenoxy) is 1. The summed E-state index contributed by atoms with van der Waals surface area (Å²) in [6.45, 7) is 2.91. The van der Waals surface area contributed by atoms with E-state index in [1.807, 2.05) is 13.0 Å². The van der Waals surface area contributed by atoms with Gasteiger partial charge in [-0.3, -0.25) is 0 Å². The lowest BCUT2D eigenvalue weighted by molar-refractivity contribution is 0.0149. The first kappa shape index (κ1) is 10.0. The second-order valence-corrected chi connectivity index (χ2v) is 4.27. The van der Waals surface area contributed by atoms with Gasteiger partial charge in [0.25, 0.3) is 0 Å². The minimum Gasteiger partial charge on any atom is -0.374 e. The highest BCUT2D eigenvalue weighted by Crippen LogP contribution is 2.30. The molecule has 1 aromatic carbocycles. The van der Waals surface area contributed by atoms with Crippen molar-refractivity contribution in [3.63, 3.8) is 0 Å². The van der Waals surface area contributed by atoms with Crippen LogP contribution in [0.2, 0.25) is 5.02 Å². The Hall–Kier alpha value is -0.530. The Balaban J connectivity index is 2.18. The van der Waals surface area contributed by atoms with Crippen LogP contribution in [-0.2, 0) is 4.74 Å². The maximum absolute atomic E-state index is 6.08. The first-order chi connectivity index (χ1) is 6.77. The van der Waals surface area contributed by atoms with E-state index in [1.54, 1.807) is 0 Å². The van der Waals surface area contributed by atoms with E-state index in [9.17, 15) is 0 Å². The number of rotatable bonds is 1. The molecule has 1 fully saturated rings. The molecular formula is C12H15ClO. The second kappa shape index (κ2) is 4.33. The summed E-state index contributed by atoms with van der Waals surface area (Å²) >= 11 is 6.08. The zero-order valence-electron chi connectivity index (χ0n) is 8.42. The monoisotopic (exact) mass is 210 g/mol. The van der Waals surface area contributed by atoms with E-state index in [0.717, 1.165) is 23.6 Å². The van der Waals surface area contributed by atoms with Gasteiger partial charge in [-0.05, 0) is 43.4 Å². The molecule has 1 atom stereocenters. The van der Waals surface area contributed by atoms with E-state index >= 15 is 0 Å². The van der Waals surface area contributed by atoms with Gasteiger partial charge in [-0.25, -0.2) is 0 Å². The molecular weight excluding hydrogens is 196 g/mol. The number of benzene rings is 1. The summed E-state index contributed by atoms with van der Waals surface area (Å²) in [5.74, 6) is 0. The topological polar surface area (TPSA) is 9.23 Å². The average Bonchev–Trinajstić information content (AvgIpc) is 2.23. The average molecular weight is 211 g/mol. The van der Waals surface area contributed by atoms with Gasteiger partial charge in [0.1, 0.15) is 0 Å². The summed E-state index contributed by atoms with van der Waals surface area (Å²) in [7, 11) is 0. The molecule has 1 saturated heterocycles. The van der Waals surface area contributed by atoms with Crippen molar-refractivity contribution in [1.29, 1.82) is 0 Å². The van der Waals surface area contributed by atoms with Gasteiger partial charge in [0, 0.05) is 11.6 Å². The van der Waals surface area contributed by atoms with Crippen LogP contribution in [-0.4, -0.2) is 6.61 Å². The third kappa shape index (κ3) is 2.10. The fraction of sp³-hybridized carbons (Fsp3) is 0.500. The van der Waals surface area contributed by atoms with E-state index < -0.39 is 0 Å². The first-order valence-corrected chi connectivity index (χ1v) is 5.53. The molecule has 0 bridgehead atoms. The molecule has 1 heterocycles. The molecule has 0 amide bonds. The van der Waals surface area contributed by atoms with Crippen molar-refractivity contribution < 1.29 is 4.74 Å². The van der Waals surface area contributed by atoms with Gasteiger partial charge in [0.2, 0.25) is 0 Å². The van der Waals surface area contributed by atoms with Crippen LogP contribution in [0, 0.1) is 6.92 Å². The van der Waals surface area contributed by atoms with E-state index in [0.29, 0.717) is 0 Å². The van der Waals surface area contributed by atoms with Crippen molar-refractivity contribution in [2.75, 3.05) is 6.61 Å². The van der Waals surface area contributed by atoms with E-state index in [4.69, 9.17) is 16.3 Å². The predicted molar refractivity (Wildman–Crippen MR) is 58.7 cm³/mol. The highest BCUT2D eigenvalue weighted by Gasteiger charge is 2.16. The summed E-state index contributed by atoms with van der Waals surface area (Å²) in [4.78, 5) is 0. The van der Waals surface area contributed by atoms with Crippen LogP contribution >= 0.6 is 11.6 Å². The Morgan fingerprint density at radius 1 is 1.36 bits per heavy atom. The summed E-state index contributed by atoms with van der Waals surface area (Å²) in [6.07, 6.45) is 3.84. The molecule has 2 heteroatoms. The van der Waals surface area contributed by atoms with Gasteiger partial charge >= 0.3 is 0 Å². The largest absolute Gasteiger partial charge is 0.374 e. The number of hydrogen-bond acceptors (Lipinski definition) is 1. The van der Waals surface area contributed by atoms with Gasteiger partial charge < -0.3 is 4.74 Å². The fourth-order valence-corrected chi connectivity index (χ4v) is 2.00. The molecule has 0 radical (unpaired) electrons. The Bertz CT molecular complexity index is 316. The number of hydrogen-bond donors (Lipinski definition) is 0. The molecule has 1 aromatic rings. The van der Waals surface area contributed by atoms with Crippen LogP contribution < -0.4 is 0 Å². The van der Waals surface area contributed by atoms with Crippen LogP contribution in [0.1, 0.15) is 36.5 Å². The van der Waals surface area contributed by atoms with Crippen LogP contribution in [0.4, 0.5) is 0 Å². The Morgan fingerprint density at radius 2 is 2.21 bits per heavy atom. The molecule has 2 rings (SSSR count). The molecule has 0 spiro atoms. The van der Waals surface area contributed by atoms with Gasteiger partial charge in [0.15, 0.2) is 0 Å². The fourth-order valence-electron chi connectivity index (χ4n) is 1.81. The Morgan fingerprint density at radius 3 is 2.86 bits per heavy atom. The molecule has 0 saturated carbocycles. The van der Waals surface area contributed by atoms with Crippen LogP contribution in [0.25, 0.3) is 0 Å². The molecule has 1 aliphatic rings. The first-order valence-electron chi connectivity index (χ1n) is 5.15. The zero-order valence-corrected chi connectivity index (χ0v) is 9.18. The second-order valence-electron chi connectivity index (χ2n) is 3.86. The van der Waals surface area contributed by atoms with Crippen molar-refractivity contribution in [3.8, 4) is 0 Å². The highest BCUT2D eigenvalue weighted by molar-refractivity contribution is 6.31. The third-order valence-corrected chi connectivity index (χ3v) is 3.15. The van der Waals surface area contributed by atoms with Crippen LogP contribution in [0.5, 0.6) is 0 Å². The standard InChI is InChI=1S/C12H15ClO/c1-9-5-6-10(8-11(9)13)12-4-2-3-7-14-12/h5-6,8,12H,2-4,7H2,1H3/t12-/m0/s1. The lowest BCUT2D eigenvalue weighted by atomic mass is 10.0. The molecule has 76 valence electrons. The van der Waals surface area contributed by atoms with Crippen molar-refractivity contribution in [2.45, 2.75) is 32.3 Å². The zero-order chi connectivity index (χ0) is 9.97. The van der Waals surface area contributed by atoms with E-state index in [1.165, 1.54) is 18.4 Å². The molecule has 1 nitrogen and oxygen atoms in total. The lowest BCUT2D eigenvalue weighted by Gasteiger charge is -2.23. The highest BCUT2D eigenvalue weighted by atomic mass is 35.5. The SMILES string of the molecule is Cc1ccc([C@@H]2CCCCO2)cc1Cl. The summed E-state index contributed by atoms with van der Waals surface area (Å²) in [5.41, 5.74) is 2.35. The summed E-state index contributed by atoms with van der Waals surface area (Å²) < 4.78 is 5.70. The molecule has 14 heavy (non-hydrogen) atoms. The minimum atomic E-state index is 0.266. The quantitative estimate of drug-likeness (QED) is 0.684. The minimum absolute atomic E-state index is 0.266.